The fraction of sp³-hybridized carbons (Fsp3) is 0.250. The van der Waals surface area contributed by atoms with Crippen molar-refractivity contribution in [1.29, 1.82) is 0 Å². The highest BCUT2D eigenvalue weighted by molar-refractivity contribution is 6.02. The molecule has 2 heterocycles. The largest absolute Gasteiger partial charge is 0.481 e. The Labute approximate surface area is 151 Å². The summed E-state index contributed by atoms with van der Waals surface area (Å²) in [5.41, 5.74) is 0.960. The van der Waals surface area contributed by atoms with Crippen LogP contribution in [0.3, 0.4) is 0 Å². The minimum Gasteiger partial charge on any atom is -0.481 e. The van der Waals surface area contributed by atoms with Crippen molar-refractivity contribution in [3.8, 4) is 11.5 Å². The Hall–Kier alpha value is -2.86. The number of likely N-dealkylation sites (N-methyl/N-ethyl adjacent to an activating group) is 1. The van der Waals surface area contributed by atoms with Crippen LogP contribution in [-0.2, 0) is 4.79 Å². The molecule has 1 amide bonds. The summed E-state index contributed by atoms with van der Waals surface area (Å²) < 4.78 is 25.6. The number of likely N-dealkylation sites (tertiary alicyclic amines) is 1. The number of ether oxygens (including phenoxy) is 2. The van der Waals surface area contributed by atoms with Crippen LogP contribution in [0.15, 0.2) is 48.5 Å². The number of nitrogens with one attached hydrogen (secondary N) is 1. The van der Waals surface area contributed by atoms with Crippen molar-refractivity contribution < 1.29 is 18.7 Å². The molecule has 26 heavy (non-hydrogen) atoms. The number of amides is 1. The third-order valence-corrected chi connectivity index (χ3v) is 4.48. The SMILES string of the molecule is CN1CC2Oc3ccc(/C=C/C(=O)Nc4ccccc4F)cc3OC2C1. The molecule has 1 saturated heterocycles. The van der Waals surface area contributed by atoms with Crippen molar-refractivity contribution in [2.75, 3.05) is 25.5 Å². The molecule has 0 bridgehead atoms. The van der Waals surface area contributed by atoms with Crippen LogP contribution in [0.4, 0.5) is 10.1 Å². The third kappa shape index (κ3) is 3.41. The van der Waals surface area contributed by atoms with Crippen LogP contribution >= 0.6 is 0 Å². The molecule has 0 saturated carbocycles. The van der Waals surface area contributed by atoms with Crippen molar-refractivity contribution in [2.45, 2.75) is 12.2 Å². The number of para-hydroxylation sites is 1. The average Bonchev–Trinajstić information content (AvgIpc) is 2.98. The molecule has 2 unspecified atom stereocenters. The summed E-state index contributed by atoms with van der Waals surface area (Å²) >= 11 is 0. The summed E-state index contributed by atoms with van der Waals surface area (Å²) in [6.45, 7) is 1.68. The molecule has 1 fully saturated rings. The fourth-order valence-corrected chi connectivity index (χ4v) is 3.20. The van der Waals surface area contributed by atoms with Crippen LogP contribution in [0.2, 0.25) is 0 Å². The average molecular weight is 354 g/mol. The number of fused-ring (bicyclic) bond motifs is 2. The first-order chi connectivity index (χ1) is 12.6. The van der Waals surface area contributed by atoms with Gasteiger partial charge in [0.1, 0.15) is 18.0 Å². The molecule has 2 aliphatic rings. The molecule has 0 radical (unpaired) electrons. The maximum Gasteiger partial charge on any atom is 0.248 e. The number of hydrogen-bond acceptors (Lipinski definition) is 4. The number of hydrogen-bond donors (Lipinski definition) is 1. The van der Waals surface area contributed by atoms with E-state index in [-0.39, 0.29) is 17.9 Å². The van der Waals surface area contributed by atoms with Crippen LogP contribution in [-0.4, -0.2) is 43.2 Å². The molecule has 0 spiro atoms. The predicted octanol–water partition coefficient (Wildman–Crippen LogP) is 2.93. The van der Waals surface area contributed by atoms with Gasteiger partial charge in [-0.1, -0.05) is 18.2 Å². The minimum absolute atomic E-state index is 0.0242. The second-order valence-electron chi connectivity index (χ2n) is 6.54. The van der Waals surface area contributed by atoms with Crippen LogP contribution in [0.25, 0.3) is 6.08 Å². The smallest absolute Gasteiger partial charge is 0.248 e. The Morgan fingerprint density at radius 2 is 1.88 bits per heavy atom. The van der Waals surface area contributed by atoms with E-state index in [0.717, 1.165) is 24.4 Å². The van der Waals surface area contributed by atoms with Gasteiger partial charge in [-0.2, -0.15) is 0 Å². The number of halogens is 1. The molecule has 2 aromatic carbocycles. The molecule has 5 nitrogen and oxygen atoms in total. The van der Waals surface area contributed by atoms with E-state index >= 15 is 0 Å². The van der Waals surface area contributed by atoms with Gasteiger partial charge in [-0.3, -0.25) is 9.69 Å². The van der Waals surface area contributed by atoms with Crippen molar-refractivity contribution in [3.63, 3.8) is 0 Å². The van der Waals surface area contributed by atoms with Crippen molar-refractivity contribution in [2.24, 2.45) is 0 Å². The maximum atomic E-state index is 13.6. The van der Waals surface area contributed by atoms with E-state index in [0.29, 0.717) is 5.75 Å². The summed E-state index contributed by atoms with van der Waals surface area (Å²) in [4.78, 5) is 14.2. The number of rotatable bonds is 3. The van der Waals surface area contributed by atoms with Crippen LogP contribution in [0.5, 0.6) is 11.5 Å². The number of anilines is 1. The van der Waals surface area contributed by atoms with Gasteiger partial charge in [0.15, 0.2) is 11.5 Å². The first kappa shape index (κ1) is 16.6. The zero-order chi connectivity index (χ0) is 18.1. The van der Waals surface area contributed by atoms with E-state index in [9.17, 15) is 9.18 Å². The Kier molecular flexibility index (Phi) is 4.34. The standard InChI is InChI=1S/C20H19FN2O3/c1-23-11-18-19(12-23)26-17-10-13(6-8-16(17)25-18)7-9-20(24)22-15-5-3-2-4-14(15)21/h2-10,18-19H,11-12H2,1H3,(H,22,24)/b9-7+. The van der Waals surface area contributed by atoms with E-state index in [1.807, 2.05) is 25.2 Å². The molecule has 2 atom stereocenters. The number of carbonyl (C=O) groups is 1. The maximum absolute atomic E-state index is 13.6. The van der Waals surface area contributed by atoms with Gasteiger partial charge in [0, 0.05) is 19.2 Å². The van der Waals surface area contributed by atoms with E-state index in [1.54, 1.807) is 18.2 Å². The molecule has 0 aliphatic carbocycles. The molecular weight excluding hydrogens is 335 g/mol. The Morgan fingerprint density at radius 1 is 1.15 bits per heavy atom. The molecule has 6 heteroatoms. The first-order valence-corrected chi connectivity index (χ1v) is 8.48. The molecule has 2 aromatic rings. The lowest BCUT2D eigenvalue weighted by molar-refractivity contribution is -0.111. The van der Waals surface area contributed by atoms with E-state index in [4.69, 9.17) is 9.47 Å². The topological polar surface area (TPSA) is 50.8 Å². The Morgan fingerprint density at radius 3 is 2.65 bits per heavy atom. The number of benzene rings is 2. The highest BCUT2D eigenvalue weighted by Crippen LogP contribution is 2.37. The van der Waals surface area contributed by atoms with Gasteiger partial charge in [-0.05, 0) is 43.0 Å². The molecule has 134 valence electrons. The van der Waals surface area contributed by atoms with Crippen molar-refractivity contribution in [1.82, 2.24) is 4.90 Å². The van der Waals surface area contributed by atoms with E-state index in [1.165, 1.54) is 18.2 Å². The van der Waals surface area contributed by atoms with Crippen molar-refractivity contribution in [3.05, 3.63) is 59.9 Å². The van der Waals surface area contributed by atoms with Crippen LogP contribution in [0, 0.1) is 5.82 Å². The van der Waals surface area contributed by atoms with Crippen molar-refractivity contribution >= 4 is 17.7 Å². The lowest BCUT2D eigenvalue weighted by atomic mass is 10.1. The second-order valence-corrected chi connectivity index (χ2v) is 6.54. The number of nitrogens with zero attached hydrogens (tertiary/aromatic N) is 1. The van der Waals surface area contributed by atoms with Gasteiger partial charge in [-0.15, -0.1) is 0 Å². The summed E-state index contributed by atoms with van der Waals surface area (Å²) in [7, 11) is 2.04. The van der Waals surface area contributed by atoms with Gasteiger partial charge in [-0.25, -0.2) is 4.39 Å². The summed E-state index contributed by atoms with van der Waals surface area (Å²) in [6.07, 6.45) is 3.10. The lowest BCUT2D eigenvalue weighted by Crippen LogP contribution is -2.38. The Balaban J connectivity index is 1.44. The molecule has 4 rings (SSSR count). The first-order valence-electron chi connectivity index (χ1n) is 8.48. The molecule has 2 aliphatic heterocycles. The zero-order valence-electron chi connectivity index (χ0n) is 14.3. The monoisotopic (exact) mass is 354 g/mol. The minimum atomic E-state index is -0.468. The van der Waals surface area contributed by atoms with Gasteiger partial charge < -0.3 is 14.8 Å². The normalized spacial score (nSPS) is 21.6. The molecular formula is C20H19FN2O3. The highest BCUT2D eigenvalue weighted by Gasteiger charge is 2.38. The van der Waals surface area contributed by atoms with Crippen LogP contribution < -0.4 is 14.8 Å². The van der Waals surface area contributed by atoms with Gasteiger partial charge >= 0.3 is 0 Å². The highest BCUT2D eigenvalue weighted by atomic mass is 19.1. The summed E-state index contributed by atoms with van der Waals surface area (Å²) in [5, 5.41) is 2.52. The van der Waals surface area contributed by atoms with Crippen LogP contribution in [0.1, 0.15) is 5.56 Å². The second kappa shape index (κ2) is 6.80. The van der Waals surface area contributed by atoms with E-state index in [2.05, 4.69) is 10.2 Å². The zero-order valence-corrected chi connectivity index (χ0v) is 14.3. The van der Waals surface area contributed by atoms with Gasteiger partial charge in [0.2, 0.25) is 5.91 Å². The third-order valence-electron chi connectivity index (χ3n) is 4.48. The van der Waals surface area contributed by atoms with Gasteiger partial charge in [0.25, 0.3) is 0 Å². The fourth-order valence-electron chi connectivity index (χ4n) is 3.20. The summed E-state index contributed by atoms with van der Waals surface area (Å²) in [6, 6.07) is 11.6. The van der Waals surface area contributed by atoms with Gasteiger partial charge in [0.05, 0.1) is 5.69 Å². The quantitative estimate of drug-likeness (QED) is 0.861. The Bertz CT molecular complexity index is 868. The molecule has 1 N–H and O–H groups in total. The summed E-state index contributed by atoms with van der Waals surface area (Å²) in [5.74, 6) is 0.528. The van der Waals surface area contributed by atoms with E-state index < -0.39 is 11.7 Å². The lowest BCUT2D eigenvalue weighted by Gasteiger charge is -2.28. The molecule has 0 aromatic heterocycles. The predicted molar refractivity (Wildman–Crippen MR) is 96.8 cm³/mol. The number of carbonyl (C=O) groups excluding carboxylic acids is 1.